The van der Waals surface area contributed by atoms with E-state index in [1.807, 2.05) is 57.3 Å². The first-order chi connectivity index (χ1) is 47.9. The van der Waals surface area contributed by atoms with Crippen molar-refractivity contribution in [3.8, 4) is 12.1 Å². The maximum absolute atomic E-state index is 15.8. The van der Waals surface area contributed by atoms with Gasteiger partial charge in [0.2, 0.25) is 5.88 Å². The van der Waals surface area contributed by atoms with E-state index in [0.29, 0.717) is 152 Å². The van der Waals surface area contributed by atoms with Gasteiger partial charge in [0, 0.05) is 78.3 Å². The topological polar surface area (TPSA) is 359 Å². The normalized spacial score (nSPS) is 12.9. The van der Waals surface area contributed by atoms with Crippen LogP contribution in [-0.4, -0.2) is 173 Å². The summed E-state index contributed by atoms with van der Waals surface area (Å²) in [6.45, 7) is 19.3. The molecule has 0 unspecified atom stereocenters. The third-order valence-electron chi connectivity index (χ3n) is 13.4. The first kappa shape index (κ1) is 85.9. The van der Waals surface area contributed by atoms with E-state index in [4.69, 9.17) is 66.5 Å². The van der Waals surface area contributed by atoms with Crippen molar-refractivity contribution < 1.29 is 61.8 Å². The summed E-state index contributed by atoms with van der Waals surface area (Å²) in [5.41, 5.74) is 11.8. The number of allylic oxidation sites excluding steroid dienone is 5. The minimum absolute atomic E-state index is 0.0497. The minimum Gasteiger partial charge on any atom is -0.492 e. The lowest BCUT2D eigenvalue weighted by molar-refractivity contribution is -0.122. The molecule has 0 fully saturated rings. The minimum atomic E-state index is -0.555. The highest BCUT2D eigenvalue weighted by atomic mass is 35.5. The molecule has 540 valence electrons. The Morgan fingerprint density at radius 3 is 2.09 bits per heavy atom. The average Bonchev–Trinajstić information content (AvgIpc) is 0.799. The fraction of sp³-hybridized carbons (Fsp3) is 0.451. The Bertz CT molecular complexity index is 3480. The van der Waals surface area contributed by atoms with Crippen LogP contribution in [0.2, 0.25) is 5.02 Å². The highest BCUT2D eigenvalue weighted by Gasteiger charge is 2.15. The summed E-state index contributed by atoms with van der Waals surface area (Å²) >= 11 is 6.69. The number of halogens is 3. The summed E-state index contributed by atoms with van der Waals surface area (Å²) in [5, 5.41) is 44.0. The van der Waals surface area contributed by atoms with E-state index >= 15 is 4.39 Å². The molecule has 0 spiro atoms. The number of amidine groups is 1. The lowest BCUT2D eigenvalue weighted by Gasteiger charge is -2.13. The number of carbonyl (C=O) groups excluding carboxylic acids is 2. The van der Waals surface area contributed by atoms with Gasteiger partial charge in [0.15, 0.2) is 0 Å². The Balaban J connectivity index is 0.000000727. The lowest BCUT2D eigenvalue weighted by atomic mass is 10.1. The average molecular weight is 1400 g/mol. The number of hydrogen-bond acceptors (Lipinski definition) is 22. The molecule has 0 aliphatic heterocycles. The molecule has 0 bridgehead atoms. The van der Waals surface area contributed by atoms with Crippen molar-refractivity contribution in [2.75, 3.05) is 117 Å². The number of aliphatic hydroxyl groups is 1. The Labute approximate surface area is 585 Å². The smallest absolute Gasteiger partial charge is 0.316 e. The standard InChI is InChI=1S/C42H56ClF2N9O6.C28H41N5O3.CH2O2/c1-5-6-7-36-39(53-31(3)40(43)41(36)50-25-33-22-32(24-46)8-9-37(33)44)23-38(45)30(2)34-26-51-42(52-27-34)60-21-20-56-13-11-49-28-35(54-47)29-59-19-18-58-17-16-57-15-14-55-12-10-48-4;1-5-7-9-13-25(33-26(21(3)12-8-6-2)28(36)32-22(4)29)20-31-24-16-14-23(15-17-24)27(35)30-18-10-11-19-34;2-1-3/h7-9,22-23,26-28,48,50H,5-6,10-21,25,29,47H2,1-4H3;9,12-17,19,31,36H,5-8,10-11,18,20H2,1-4H3,(H2,29,32)(H,30,35);1H,(H,2,3)/b36-7-,38-30-,39-23+,49-28?,54-35+;13-9+,21-12+,28-26-,33-25-;. The zero-order chi connectivity index (χ0) is 72.8. The Hall–Kier alpha value is -9.14. The predicted octanol–water partition coefficient (Wildman–Crippen LogP) is 9.44. The molecule has 0 saturated carbocycles. The van der Waals surface area contributed by atoms with Gasteiger partial charge in [0.25, 0.3) is 12.4 Å². The number of benzene rings is 2. The van der Waals surface area contributed by atoms with E-state index in [1.54, 1.807) is 32.9 Å². The number of pyridine rings is 1. The number of nitriles is 1. The molecule has 4 rings (SSSR count). The van der Waals surface area contributed by atoms with Crippen molar-refractivity contribution in [1.82, 2.24) is 25.6 Å². The molecule has 0 aliphatic carbocycles. The summed E-state index contributed by atoms with van der Waals surface area (Å²) < 4.78 is 63.3. The van der Waals surface area contributed by atoms with Gasteiger partial charge in [-0.15, -0.1) is 0 Å². The van der Waals surface area contributed by atoms with Crippen molar-refractivity contribution in [2.45, 2.75) is 106 Å². The van der Waals surface area contributed by atoms with E-state index in [0.717, 1.165) is 61.9 Å². The van der Waals surface area contributed by atoms with E-state index in [1.165, 1.54) is 42.9 Å². The third-order valence-corrected chi connectivity index (χ3v) is 13.9. The summed E-state index contributed by atoms with van der Waals surface area (Å²) in [4.78, 5) is 57.0. The van der Waals surface area contributed by atoms with Crippen molar-refractivity contribution in [3.05, 3.63) is 145 Å². The quantitative estimate of drug-likeness (QED) is 0.00298. The van der Waals surface area contributed by atoms with Crippen LogP contribution in [0.3, 0.4) is 0 Å². The number of aromatic nitrogens is 3. The fourth-order valence-electron chi connectivity index (χ4n) is 8.19. The van der Waals surface area contributed by atoms with Gasteiger partial charge in [-0.2, -0.15) is 15.4 Å². The molecule has 4 aromatic rings. The van der Waals surface area contributed by atoms with Crippen LogP contribution in [0.5, 0.6) is 6.01 Å². The molecule has 99 heavy (non-hydrogen) atoms. The molecule has 2 aromatic heterocycles. The second-order valence-electron chi connectivity index (χ2n) is 21.4. The van der Waals surface area contributed by atoms with Gasteiger partial charge in [0.1, 0.15) is 35.9 Å². The summed E-state index contributed by atoms with van der Waals surface area (Å²) in [6.07, 6.45) is 20.9. The maximum atomic E-state index is 15.8. The van der Waals surface area contributed by atoms with Gasteiger partial charge >= 0.3 is 6.01 Å². The predicted molar refractivity (Wildman–Crippen MR) is 388 cm³/mol. The number of aryl methyl sites for hydroxylation is 1. The molecular weight excluding hydrogens is 1300 g/mol. The van der Waals surface area contributed by atoms with Crippen LogP contribution in [0.1, 0.15) is 126 Å². The van der Waals surface area contributed by atoms with E-state index in [9.17, 15) is 24.3 Å². The van der Waals surface area contributed by atoms with E-state index in [-0.39, 0.29) is 62.0 Å². The number of anilines is 2. The second kappa shape index (κ2) is 53.9. The number of aliphatic imine (C=N–C) groups is 3. The molecule has 2 heterocycles. The van der Waals surface area contributed by atoms with Crippen LogP contribution in [0.25, 0.3) is 17.7 Å². The van der Waals surface area contributed by atoms with Gasteiger partial charge < -0.3 is 76.3 Å². The third kappa shape index (κ3) is 36.9. The zero-order valence-electron chi connectivity index (χ0n) is 58.2. The summed E-state index contributed by atoms with van der Waals surface area (Å²) in [5.74, 6) is 4.28. The fourth-order valence-corrected chi connectivity index (χ4v) is 8.40. The Morgan fingerprint density at radius 1 is 0.818 bits per heavy atom. The number of ether oxygens (including phenoxy) is 6. The number of carbonyl (C=O) groups is 3. The van der Waals surface area contributed by atoms with Crippen molar-refractivity contribution in [1.29, 1.82) is 5.26 Å². The van der Waals surface area contributed by atoms with Crippen LogP contribution in [0.4, 0.5) is 20.2 Å². The summed E-state index contributed by atoms with van der Waals surface area (Å²) in [7, 11) is 1.88. The number of likely N-dealkylation sites (N-methyl/N-ethyl adjacent to an activating group) is 1. The first-order valence-corrected chi connectivity index (χ1v) is 33.0. The van der Waals surface area contributed by atoms with E-state index < -0.39 is 11.6 Å². The largest absolute Gasteiger partial charge is 0.492 e. The molecule has 0 aliphatic rings. The highest BCUT2D eigenvalue weighted by molar-refractivity contribution is 6.33. The van der Waals surface area contributed by atoms with Crippen LogP contribution < -0.4 is 48.1 Å². The van der Waals surface area contributed by atoms with Gasteiger partial charge in [-0.1, -0.05) is 69.9 Å². The van der Waals surface area contributed by atoms with Gasteiger partial charge in [-0.25, -0.2) is 23.7 Å². The van der Waals surface area contributed by atoms with Crippen molar-refractivity contribution >= 4 is 82.8 Å². The number of aldehydes is 1. The van der Waals surface area contributed by atoms with Gasteiger partial charge in [-0.05, 0) is 120 Å². The monoisotopic (exact) mass is 1400 g/mol. The van der Waals surface area contributed by atoms with Crippen LogP contribution in [-0.2, 0) is 39.8 Å². The number of amides is 1. The molecule has 28 heteroatoms. The zero-order valence-corrected chi connectivity index (χ0v) is 59.0. The second-order valence-corrected chi connectivity index (χ2v) is 21.8. The Morgan fingerprint density at radius 2 is 1.46 bits per heavy atom. The van der Waals surface area contributed by atoms with Crippen LogP contribution >= 0.6 is 11.6 Å². The number of hydrazone groups is 1. The van der Waals surface area contributed by atoms with Crippen molar-refractivity contribution in [3.63, 3.8) is 0 Å². The number of nitrogens with zero attached hydrogens (tertiary/aromatic N) is 8. The molecule has 2 aromatic carbocycles. The summed E-state index contributed by atoms with van der Waals surface area (Å²) in [6, 6.07) is 13.4. The van der Waals surface area contributed by atoms with Gasteiger partial charge in [0.05, 0.1) is 124 Å². The molecule has 25 nitrogen and oxygen atoms in total. The molecule has 0 atom stereocenters. The number of hydrogen-bond donors (Lipinski definition) is 8. The van der Waals surface area contributed by atoms with E-state index in [2.05, 4.69) is 71.2 Å². The van der Waals surface area contributed by atoms with Crippen LogP contribution in [0, 0.1) is 24.1 Å². The number of unbranched alkanes of at least 4 members (excludes halogenated alkanes) is 4. The van der Waals surface area contributed by atoms with Crippen LogP contribution in [0.15, 0.2) is 116 Å². The number of aliphatic hydroxyl groups excluding tert-OH is 1. The molecule has 0 saturated heterocycles. The number of nitrogens with one attached hydrogen (secondary N) is 4. The number of rotatable bonds is 45. The highest BCUT2D eigenvalue weighted by Crippen LogP contribution is 2.24. The molecule has 0 radical (unpaired) electrons. The number of nitrogens with two attached hydrogens (primary N) is 2. The Kier molecular flexibility index (Phi) is 46.8. The molecular formula is C71H99ClF2N14O11. The van der Waals surface area contributed by atoms with Crippen molar-refractivity contribution in [2.24, 2.45) is 31.7 Å². The first-order valence-electron chi connectivity index (χ1n) is 32.7. The number of carboxylic acid groups (broad SMARTS) is 1. The maximum Gasteiger partial charge on any atom is 0.316 e. The van der Waals surface area contributed by atoms with Gasteiger partial charge in [-0.3, -0.25) is 19.6 Å². The SMILES string of the molecule is CCC/C=C/C(CNc1ccc(C(=O)NCCCC=O)cc1)=N/C(=C(O)/N=C(\C)N)C(/C)=C/CCC.CCC\C=c1/c(NCc2cc(C#N)ccc2F)c(Cl)c(C)n/c1=C/C(F)=C(\C)c1cnc(OCCOCCN=C/C(COCCOCCOCCOCCNC)=N\N)nc1.O=CO. The molecule has 10 N–H and O–H groups in total. The molecule has 1 amide bonds. The lowest BCUT2D eigenvalue weighted by Crippen LogP contribution is -2.33.